The highest BCUT2D eigenvalue weighted by Gasteiger charge is 2.29. The van der Waals surface area contributed by atoms with Crippen LogP contribution >= 0.6 is 0 Å². The number of nitro groups is 1. The lowest BCUT2D eigenvalue weighted by Crippen LogP contribution is -2.30. The van der Waals surface area contributed by atoms with Gasteiger partial charge < -0.3 is 0 Å². The summed E-state index contributed by atoms with van der Waals surface area (Å²) in [7, 11) is -6.52. The molecule has 0 amide bonds. The Morgan fingerprint density at radius 1 is 1.07 bits per heavy atom. The maximum absolute atomic E-state index is 13.0. The molecule has 0 spiro atoms. The van der Waals surface area contributed by atoms with Crippen LogP contribution in [0.2, 0.25) is 0 Å². The summed E-state index contributed by atoms with van der Waals surface area (Å²) < 4.78 is 49.7. The molecule has 2 aromatic rings. The van der Waals surface area contributed by atoms with E-state index in [0.717, 1.165) is 10.4 Å². The minimum atomic E-state index is -4.03. The van der Waals surface area contributed by atoms with Crippen LogP contribution in [0.15, 0.2) is 52.3 Å². The molecule has 0 aliphatic rings. The number of hydrogen-bond acceptors (Lipinski definition) is 6. The quantitative estimate of drug-likeness (QED) is 0.567. The Balaban J connectivity index is 2.42. The Bertz CT molecular complexity index is 1080. The van der Waals surface area contributed by atoms with Gasteiger partial charge in [-0.1, -0.05) is 18.2 Å². The molecule has 0 saturated carbocycles. The third kappa shape index (κ3) is 4.33. The van der Waals surface area contributed by atoms with E-state index in [0.29, 0.717) is 11.1 Å². The topological polar surface area (TPSA) is 141 Å². The number of hydrogen-bond donors (Lipinski definition) is 1. The minimum absolute atomic E-state index is 0.0847. The Morgan fingerprint density at radius 3 is 2.11 bits per heavy atom. The second-order valence-corrected chi connectivity index (χ2v) is 9.55. The van der Waals surface area contributed by atoms with Gasteiger partial charge >= 0.3 is 0 Å². The largest absolute Gasteiger partial charge is 0.270 e. The summed E-state index contributed by atoms with van der Waals surface area (Å²) in [6.45, 7) is 3.17. The number of nitro benzene ring substituents is 1. The van der Waals surface area contributed by atoms with E-state index in [1.54, 1.807) is 13.8 Å². The predicted molar refractivity (Wildman–Crippen MR) is 99.0 cm³/mol. The molecule has 0 bridgehead atoms. The van der Waals surface area contributed by atoms with Crippen molar-refractivity contribution in [1.82, 2.24) is 4.31 Å². The third-order valence-corrected chi connectivity index (χ3v) is 7.28. The molecule has 0 aliphatic carbocycles. The zero-order valence-electron chi connectivity index (χ0n) is 14.9. The van der Waals surface area contributed by atoms with Gasteiger partial charge in [-0.2, -0.15) is 4.31 Å². The van der Waals surface area contributed by atoms with Crippen molar-refractivity contribution in [2.24, 2.45) is 5.14 Å². The lowest BCUT2D eigenvalue weighted by molar-refractivity contribution is -0.385. The lowest BCUT2D eigenvalue weighted by Gasteiger charge is -2.25. The van der Waals surface area contributed by atoms with Crippen molar-refractivity contribution < 1.29 is 21.8 Å². The summed E-state index contributed by atoms with van der Waals surface area (Å²) in [4.78, 5) is 10.1. The van der Waals surface area contributed by atoms with Crippen molar-refractivity contribution in [1.29, 1.82) is 0 Å². The molecule has 0 heterocycles. The molecule has 0 aliphatic heterocycles. The average molecular weight is 413 g/mol. The summed E-state index contributed by atoms with van der Waals surface area (Å²) in [5.74, 6) is 0. The molecule has 146 valence electrons. The first-order chi connectivity index (χ1) is 12.4. The number of aryl methyl sites for hydroxylation is 1. The first-order valence-electron chi connectivity index (χ1n) is 7.71. The first kappa shape index (κ1) is 21.0. The van der Waals surface area contributed by atoms with E-state index in [2.05, 4.69) is 0 Å². The third-order valence-electron chi connectivity index (χ3n) is 4.28. The van der Waals surface area contributed by atoms with Crippen LogP contribution in [0.4, 0.5) is 5.69 Å². The van der Waals surface area contributed by atoms with Crippen LogP contribution in [0.3, 0.4) is 0 Å². The van der Waals surface area contributed by atoms with Crippen LogP contribution < -0.4 is 5.14 Å². The van der Waals surface area contributed by atoms with Crippen molar-refractivity contribution in [3.05, 3.63) is 63.7 Å². The number of benzene rings is 2. The van der Waals surface area contributed by atoms with E-state index in [-0.39, 0.29) is 15.5 Å². The summed E-state index contributed by atoms with van der Waals surface area (Å²) in [6, 6.07) is 8.52. The van der Waals surface area contributed by atoms with E-state index in [1.807, 2.05) is 0 Å². The van der Waals surface area contributed by atoms with Gasteiger partial charge in [0.1, 0.15) is 0 Å². The maximum atomic E-state index is 13.0. The van der Waals surface area contributed by atoms with Crippen LogP contribution in [0.1, 0.15) is 24.1 Å². The van der Waals surface area contributed by atoms with Gasteiger partial charge in [0.05, 0.1) is 14.7 Å². The monoisotopic (exact) mass is 413 g/mol. The van der Waals surface area contributed by atoms with Crippen LogP contribution in [-0.2, 0) is 20.0 Å². The SMILES string of the molecule is Cc1ccc([N+](=O)[O-])cc1S(=O)(=O)N(C)C(C)c1ccc(S(N)(=O)=O)cc1. The normalized spacial score (nSPS) is 13.5. The van der Waals surface area contributed by atoms with Gasteiger partial charge in [0.15, 0.2) is 0 Å². The zero-order chi connectivity index (χ0) is 20.6. The number of nitrogens with two attached hydrogens (primary N) is 1. The molecule has 11 heteroatoms. The molecule has 0 fully saturated rings. The Hall–Kier alpha value is -2.34. The van der Waals surface area contributed by atoms with Crippen LogP contribution in [0.5, 0.6) is 0 Å². The average Bonchev–Trinajstić information content (AvgIpc) is 2.59. The zero-order valence-corrected chi connectivity index (χ0v) is 16.5. The fourth-order valence-electron chi connectivity index (χ4n) is 2.49. The Kier molecular flexibility index (Phi) is 5.71. The first-order valence-corrected chi connectivity index (χ1v) is 10.7. The van der Waals surface area contributed by atoms with Gasteiger partial charge in [-0.15, -0.1) is 0 Å². The number of primary sulfonamides is 1. The van der Waals surface area contributed by atoms with Gasteiger partial charge in [0.25, 0.3) is 5.69 Å². The smallest absolute Gasteiger partial charge is 0.258 e. The Morgan fingerprint density at radius 2 is 1.63 bits per heavy atom. The van der Waals surface area contributed by atoms with Crippen molar-refractivity contribution in [3.8, 4) is 0 Å². The molecule has 9 nitrogen and oxygen atoms in total. The van der Waals surface area contributed by atoms with Crippen LogP contribution in [0.25, 0.3) is 0 Å². The molecule has 27 heavy (non-hydrogen) atoms. The molecular formula is C16H19N3O6S2. The second kappa shape index (κ2) is 7.35. The van der Waals surface area contributed by atoms with E-state index >= 15 is 0 Å². The molecular weight excluding hydrogens is 394 g/mol. The van der Waals surface area contributed by atoms with Crippen LogP contribution in [0, 0.1) is 17.0 Å². The number of sulfonamides is 2. The van der Waals surface area contributed by atoms with Gasteiger partial charge in [0.2, 0.25) is 20.0 Å². The van der Waals surface area contributed by atoms with Gasteiger partial charge in [-0.25, -0.2) is 22.0 Å². The van der Waals surface area contributed by atoms with Crippen molar-refractivity contribution in [2.75, 3.05) is 7.05 Å². The molecule has 0 saturated heterocycles. The maximum Gasteiger partial charge on any atom is 0.270 e. The van der Waals surface area contributed by atoms with E-state index < -0.39 is 31.0 Å². The molecule has 2 aromatic carbocycles. The molecule has 2 N–H and O–H groups in total. The number of nitrogens with zero attached hydrogens (tertiary/aromatic N) is 2. The molecule has 0 aromatic heterocycles. The summed E-state index contributed by atoms with van der Waals surface area (Å²) in [5.41, 5.74) is 0.596. The van der Waals surface area contributed by atoms with Crippen molar-refractivity contribution in [3.63, 3.8) is 0 Å². The highest BCUT2D eigenvalue weighted by molar-refractivity contribution is 7.89. The molecule has 1 unspecified atom stereocenters. The summed E-state index contributed by atoms with van der Waals surface area (Å²) in [5, 5.41) is 16.0. The van der Waals surface area contributed by atoms with E-state index in [9.17, 15) is 26.9 Å². The van der Waals surface area contributed by atoms with Crippen molar-refractivity contribution in [2.45, 2.75) is 29.7 Å². The number of non-ortho nitro benzene ring substituents is 1. The fourth-order valence-corrected chi connectivity index (χ4v) is 4.60. The highest BCUT2D eigenvalue weighted by atomic mass is 32.2. The Labute approximate surface area is 157 Å². The van der Waals surface area contributed by atoms with E-state index in [1.165, 1.54) is 43.4 Å². The summed E-state index contributed by atoms with van der Waals surface area (Å²) >= 11 is 0. The standard InChI is InChI=1S/C16H19N3O6S2/c1-11-4-7-14(19(20)21)10-16(11)27(24,25)18(3)12(2)13-5-8-15(9-6-13)26(17,22)23/h4-10,12H,1-3H3,(H2,17,22,23). The molecule has 1 atom stereocenters. The fraction of sp³-hybridized carbons (Fsp3) is 0.250. The summed E-state index contributed by atoms with van der Waals surface area (Å²) in [6.07, 6.45) is 0. The lowest BCUT2D eigenvalue weighted by atomic mass is 10.1. The van der Waals surface area contributed by atoms with Gasteiger partial charge in [-0.05, 0) is 37.1 Å². The second-order valence-electron chi connectivity index (χ2n) is 6.02. The highest BCUT2D eigenvalue weighted by Crippen LogP contribution is 2.29. The molecule has 0 radical (unpaired) electrons. The van der Waals surface area contributed by atoms with Gasteiger partial charge in [-0.3, -0.25) is 10.1 Å². The van der Waals surface area contributed by atoms with E-state index in [4.69, 9.17) is 5.14 Å². The van der Waals surface area contributed by atoms with Gasteiger partial charge in [0, 0.05) is 25.2 Å². The minimum Gasteiger partial charge on any atom is -0.258 e. The molecule has 2 rings (SSSR count). The predicted octanol–water partition coefficient (Wildman–Crippen LogP) is 1.93. The number of rotatable bonds is 6. The van der Waals surface area contributed by atoms with Crippen molar-refractivity contribution >= 4 is 25.7 Å². The van der Waals surface area contributed by atoms with Crippen LogP contribution in [-0.4, -0.2) is 33.1 Å².